The van der Waals surface area contributed by atoms with Gasteiger partial charge in [-0.15, -0.1) is 0 Å². The summed E-state index contributed by atoms with van der Waals surface area (Å²) in [5.41, 5.74) is 0.987. The second-order valence-electron chi connectivity index (χ2n) is 4.32. The molecule has 1 aliphatic rings. The van der Waals surface area contributed by atoms with Gasteiger partial charge in [-0.25, -0.2) is 0 Å². The van der Waals surface area contributed by atoms with Crippen LogP contribution in [0.3, 0.4) is 0 Å². The van der Waals surface area contributed by atoms with Crippen molar-refractivity contribution >= 4 is 11.6 Å². The van der Waals surface area contributed by atoms with Gasteiger partial charge in [0.2, 0.25) is 5.91 Å². The van der Waals surface area contributed by atoms with Crippen molar-refractivity contribution in [2.75, 3.05) is 18.4 Å². The largest absolute Gasteiger partial charge is 0.376 e. The maximum atomic E-state index is 11.5. The Bertz CT molecular complexity index is 333. The molecule has 1 aliphatic carbocycles. The van der Waals surface area contributed by atoms with E-state index in [4.69, 9.17) is 0 Å². The predicted octanol–water partition coefficient (Wildman–Crippen LogP) is 2.01. The standard InChI is InChI=1S/C13H18N2O/c16-13(15-9-11-5-4-6-11)10-14-12-7-2-1-3-8-12/h1-3,7-8,11,14H,4-6,9-10H2,(H,15,16). The average Bonchev–Trinajstić information content (AvgIpc) is 2.26. The number of carbonyl (C=O) groups excluding carboxylic acids is 1. The molecule has 0 radical (unpaired) electrons. The molecule has 2 rings (SSSR count). The summed E-state index contributed by atoms with van der Waals surface area (Å²) < 4.78 is 0. The van der Waals surface area contributed by atoms with Crippen LogP contribution in [0.25, 0.3) is 0 Å². The molecule has 0 spiro atoms. The number of hydrogen-bond acceptors (Lipinski definition) is 2. The van der Waals surface area contributed by atoms with E-state index >= 15 is 0 Å². The van der Waals surface area contributed by atoms with E-state index in [1.54, 1.807) is 0 Å². The average molecular weight is 218 g/mol. The number of benzene rings is 1. The fraction of sp³-hybridized carbons (Fsp3) is 0.462. The monoisotopic (exact) mass is 218 g/mol. The molecular weight excluding hydrogens is 200 g/mol. The summed E-state index contributed by atoms with van der Waals surface area (Å²) in [6.07, 6.45) is 3.86. The Labute approximate surface area is 96.2 Å². The Hall–Kier alpha value is -1.51. The van der Waals surface area contributed by atoms with E-state index in [0.717, 1.165) is 18.2 Å². The van der Waals surface area contributed by atoms with Crippen LogP contribution in [-0.2, 0) is 4.79 Å². The number of amides is 1. The second kappa shape index (κ2) is 5.54. The number of anilines is 1. The first-order valence-electron chi connectivity index (χ1n) is 5.90. The lowest BCUT2D eigenvalue weighted by atomic mass is 9.85. The van der Waals surface area contributed by atoms with E-state index < -0.39 is 0 Å². The van der Waals surface area contributed by atoms with Crippen LogP contribution < -0.4 is 10.6 Å². The van der Waals surface area contributed by atoms with E-state index in [1.165, 1.54) is 19.3 Å². The lowest BCUT2D eigenvalue weighted by molar-refractivity contribution is -0.119. The van der Waals surface area contributed by atoms with Crippen molar-refractivity contribution in [2.45, 2.75) is 19.3 Å². The lowest BCUT2D eigenvalue weighted by Gasteiger charge is -2.25. The third-order valence-electron chi connectivity index (χ3n) is 3.04. The third kappa shape index (κ3) is 3.26. The summed E-state index contributed by atoms with van der Waals surface area (Å²) in [4.78, 5) is 11.5. The molecule has 1 saturated carbocycles. The van der Waals surface area contributed by atoms with Crippen LogP contribution in [0.5, 0.6) is 0 Å². The first kappa shape index (κ1) is 11.0. The Balaban J connectivity index is 1.63. The molecular formula is C13H18N2O. The lowest BCUT2D eigenvalue weighted by Crippen LogP contribution is -2.35. The van der Waals surface area contributed by atoms with Crippen LogP contribution in [0.4, 0.5) is 5.69 Å². The van der Waals surface area contributed by atoms with Crippen LogP contribution in [0.15, 0.2) is 30.3 Å². The highest BCUT2D eigenvalue weighted by Gasteiger charge is 2.17. The highest BCUT2D eigenvalue weighted by Crippen LogP contribution is 2.24. The molecule has 1 aromatic rings. The molecule has 0 saturated heterocycles. The molecule has 2 N–H and O–H groups in total. The normalized spacial score (nSPS) is 15.2. The van der Waals surface area contributed by atoms with E-state index in [2.05, 4.69) is 10.6 Å². The van der Waals surface area contributed by atoms with E-state index in [-0.39, 0.29) is 5.91 Å². The zero-order valence-corrected chi connectivity index (χ0v) is 9.41. The number of hydrogen-bond donors (Lipinski definition) is 2. The Morgan fingerprint density at radius 3 is 2.62 bits per heavy atom. The summed E-state index contributed by atoms with van der Waals surface area (Å²) in [6, 6.07) is 9.78. The van der Waals surface area contributed by atoms with Crippen LogP contribution in [0.2, 0.25) is 0 Å². The van der Waals surface area contributed by atoms with E-state index in [9.17, 15) is 4.79 Å². The quantitative estimate of drug-likeness (QED) is 0.793. The molecule has 3 heteroatoms. The first-order valence-corrected chi connectivity index (χ1v) is 5.90. The molecule has 0 bridgehead atoms. The zero-order chi connectivity index (χ0) is 11.2. The van der Waals surface area contributed by atoms with Crippen molar-refractivity contribution in [2.24, 2.45) is 5.92 Å². The summed E-state index contributed by atoms with van der Waals surface area (Å²) in [5.74, 6) is 0.802. The van der Waals surface area contributed by atoms with Gasteiger partial charge >= 0.3 is 0 Å². The molecule has 0 aliphatic heterocycles. The maximum absolute atomic E-state index is 11.5. The molecule has 1 aromatic carbocycles. The molecule has 16 heavy (non-hydrogen) atoms. The summed E-state index contributed by atoms with van der Waals surface area (Å²) in [6.45, 7) is 1.20. The van der Waals surface area contributed by atoms with E-state index in [0.29, 0.717) is 6.54 Å². The van der Waals surface area contributed by atoms with Crippen LogP contribution in [0, 0.1) is 5.92 Å². The molecule has 0 aromatic heterocycles. The van der Waals surface area contributed by atoms with Crippen LogP contribution in [0.1, 0.15) is 19.3 Å². The van der Waals surface area contributed by atoms with E-state index in [1.807, 2.05) is 30.3 Å². The van der Waals surface area contributed by atoms with Gasteiger partial charge in [0.1, 0.15) is 0 Å². The Kier molecular flexibility index (Phi) is 3.81. The van der Waals surface area contributed by atoms with Gasteiger partial charge in [0.05, 0.1) is 6.54 Å². The SMILES string of the molecule is O=C(CNc1ccccc1)NCC1CCC1. The smallest absolute Gasteiger partial charge is 0.239 e. The molecule has 0 unspecified atom stereocenters. The molecule has 3 nitrogen and oxygen atoms in total. The highest BCUT2D eigenvalue weighted by atomic mass is 16.1. The van der Waals surface area contributed by atoms with Gasteiger partial charge < -0.3 is 10.6 Å². The minimum Gasteiger partial charge on any atom is -0.376 e. The maximum Gasteiger partial charge on any atom is 0.239 e. The molecule has 1 amide bonds. The fourth-order valence-corrected chi connectivity index (χ4v) is 1.76. The van der Waals surface area contributed by atoms with Crippen LogP contribution in [-0.4, -0.2) is 19.0 Å². The number of para-hydroxylation sites is 1. The first-order chi connectivity index (χ1) is 7.84. The van der Waals surface area contributed by atoms with Gasteiger partial charge in [-0.1, -0.05) is 24.6 Å². The third-order valence-corrected chi connectivity index (χ3v) is 3.04. The second-order valence-corrected chi connectivity index (χ2v) is 4.32. The molecule has 0 atom stereocenters. The summed E-state index contributed by atoms with van der Waals surface area (Å²) in [5, 5.41) is 6.05. The number of carbonyl (C=O) groups is 1. The van der Waals surface area contributed by atoms with Crippen molar-refractivity contribution in [3.05, 3.63) is 30.3 Å². The molecule has 86 valence electrons. The van der Waals surface area contributed by atoms with Gasteiger partial charge in [0.25, 0.3) is 0 Å². The van der Waals surface area contributed by atoms with Gasteiger partial charge in [0.15, 0.2) is 0 Å². The van der Waals surface area contributed by atoms with Gasteiger partial charge in [-0.3, -0.25) is 4.79 Å². The summed E-state index contributed by atoms with van der Waals surface area (Å²) in [7, 11) is 0. The highest BCUT2D eigenvalue weighted by molar-refractivity contribution is 5.80. The molecule has 0 heterocycles. The Morgan fingerprint density at radius 1 is 1.25 bits per heavy atom. The zero-order valence-electron chi connectivity index (χ0n) is 9.41. The van der Waals surface area contributed by atoms with Crippen LogP contribution >= 0.6 is 0 Å². The number of rotatable bonds is 5. The minimum absolute atomic E-state index is 0.0794. The van der Waals surface area contributed by atoms with Gasteiger partial charge in [0, 0.05) is 12.2 Å². The van der Waals surface area contributed by atoms with Crippen molar-refractivity contribution in [3.63, 3.8) is 0 Å². The minimum atomic E-state index is 0.0794. The van der Waals surface area contributed by atoms with Crippen molar-refractivity contribution < 1.29 is 4.79 Å². The Morgan fingerprint density at radius 2 is 2.00 bits per heavy atom. The fourth-order valence-electron chi connectivity index (χ4n) is 1.76. The summed E-state index contributed by atoms with van der Waals surface area (Å²) >= 11 is 0. The number of nitrogens with one attached hydrogen (secondary N) is 2. The van der Waals surface area contributed by atoms with Gasteiger partial charge in [-0.05, 0) is 30.9 Å². The van der Waals surface area contributed by atoms with Gasteiger partial charge in [-0.2, -0.15) is 0 Å². The van der Waals surface area contributed by atoms with Crippen molar-refractivity contribution in [1.29, 1.82) is 0 Å². The predicted molar refractivity (Wildman–Crippen MR) is 65.3 cm³/mol. The topological polar surface area (TPSA) is 41.1 Å². The van der Waals surface area contributed by atoms with Crippen molar-refractivity contribution in [3.8, 4) is 0 Å². The molecule has 1 fully saturated rings. The van der Waals surface area contributed by atoms with Crippen molar-refractivity contribution in [1.82, 2.24) is 5.32 Å².